The maximum Gasteiger partial charge on any atom is 0.159 e. The predicted octanol–water partition coefficient (Wildman–Crippen LogP) is 4.32. The second kappa shape index (κ2) is 6.06. The molecular formula is C16H15ClFNO. The van der Waals surface area contributed by atoms with E-state index in [1.807, 2.05) is 12.1 Å². The van der Waals surface area contributed by atoms with Crippen LogP contribution in [0.2, 0.25) is 5.02 Å². The highest BCUT2D eigenvalue weighted by Crippen LogP contribution is 2.22. The monoisotopic (exact) mass is 291 g/mol. The van der Waals surface area contributed by atoms with Crippen LogP contribution in [0.4, 0.5) is 10.1 Å². The fraction of sp³-hybridized carbons (Fsp3) is 0.188. The highest BCUT2D eigenvalue weighted by molar-refractivity contribution is 6.30. The molecule has 2 rings (SSSR count). The van der Waals surface area contributed by atoms with Crippen molar-refractivity contribution in [2.45, 2.75) is 13.5 Å². The van der Waals surface area contributed by atoms with Crippen molar-refractivity contribution in [2.24, 2.45) is 0 Å². The molecule has 0 aromatic heterocycles. The molecule has 20 heavy (non-hydrogen) atoms. The molecule has 0 radical (unpaired) electrons. The van der Waals surface area contributed by atoms with E-state index in [1.165, 1.54) is 13.0 Å². The Morgan fingerprint density at radius 1 is 1.20 bits per heavy atom. The first-order chi connectivity index (χ1) is 9.47. The van der Waals surface area contributed by atoms with Crippen LogP contribution in [0.5, 0.6) is 0 Å². The summed E-state index contributed by atoms with van der Waals surface area (Å²) in [7, 11) is 1.81. The minimum Gasteiger partial charge on any atom is -0.368 e. The van der Waals surface area contributed by atoms with E-state index in [0.717, 1.165) is 5.56 Å². The lowest BCUT2D eigenvalue weighted by Crippen LogP contribution is -2.17. The molecule has 0 fully saturated rings. The van der Waals surface area contributed by atoms with Gasteiger partial charge in [-0.05, 0) is 42.8 Å². The number of carbonyl (C=O) groups is 1. The van der Waals surface area contributed by atoms with Crippen LogP contribution < -0.4 is 4.90 Å². The van der Waals surface area contributed by atoms with Crippen molar-refractivity contribution in [3.05, 3.63) is 64.4 Å². The van der Waals surface area contributed by atoms with Gasteiger partial charge in [-0.3, -0.25) is 4.79 Å². The fourth-order valence-electron chi connectivity index (χ4n) is 1.98. The molecule has 4 heteroatoms. The predicted molar refractivity (Wildman–Crippen MR) is 80.0 cm³/mol. The molecule has 0 aliphatic rings. The van der Waals surface area contributed by atoms with Crippen LogP contribution in [-0.4, -0.2) is 12.8 Å². The summed E-state index contributed by atoms with van der Waals surface area (Å²) in [5.41, 5.74) is 1.88. The molecule has 2 aromatic carbocycles. The Kier molecular flexibility index (Phi) is 4.40. The molecule has 2 aromatic rings. The minimum atomic E-state index is -0.394. The highest BCUT2D eigenvalue weighted by atomic mass is 35.5. The number of anilines is 1. The van der Waals surface area contributed by atoms with Crippen LogP contribution in [0.15, 0.2) is 42.5 Å². The van der Waals surface area contributed by atoms with E-state index in [0.29, 0.717) is 22.8 Å². The average molecular weight is 292 g/mol. The number of nitrogens with zero attached hydrogens (tertiary/aromatic N) is 1. The Morgan fingerprint density at radius 3 is 2.40 bits per heavy atom. The molecule has 0 saturated heterocycles. The van der Waals surface area contributed by atoms with Crippen LogP contribution >= 0.6 is 11.6 Å². The standard InChI is InChI=1S/C16H15ClFNO/c1-11(20)13-5-8-16(15(18)9-13)19(2)10-12-3-6-14(17)7-4-12/h3-9H,10H2,1-2H3. The second-order valence-corrected chi connectivity index (χ2v) is 5.14. The second-order valence-electron chi connectivity index (χ2n) is 4.70. The molecule has 0 N–H and O–H groups in total. The Labute approximate surface area is 122 Å². The van der Waals surface area contributed by atoms with E-state index < -0.39 is 5.82 Å². The van der Waals surface area contributed by atoms with E-state index >= 15 is 0 Å². The first-order valence-electron chi connectivity index (χ1n) is 6.23. The van der Waals surface area contributed by atoms with Crippen LogP contribution in [0.1, 0.15) is 22.8 Å². The van der Waals surface area contributed by atoms with Gasteiger partial charge >= 0.3 is 0 Å². The molecule has 2 nitrogen and oxygen atoms in total. The van der Waals surface area contributed by atoms with Crippen molar-refractivity contribution < 1.29 is 9.18 Å². The van der Waals surface area contributed by atoms with E-state index in [1.54, 1.807) is 36.2 Å². The van der Waals surface area contributed by atoms with Gasteiger partial charge in [0.05, 0.1) is 5.69 Å². The van der Waals surface area contributed by atoms with Gasteiger partial charge in [0.15, 0.2) is 5.78 Å². The molecule has 0 amide bonds. The van der Waals surface area contributed by atoms with E-state index in [2.05, 4.69) is 0 Å². The van der Waals surface area contributed by atoms with Gasteiger partial charge < -0.3 is 4.90 Å². The summed E-state index contributed by atoms with van der Waals surface area (Å²) in [6.45, 7) is 1.99. The highest BCUT2D eigenvalue weighted by Gasteiger charge is 2.10. The zero-order valence-electron chi connectivity index (χ0n) is 11.4. The number of ketones is 1. The van der Waals surface area contributed by atoms with Gasteiger partial charge in [-0.25, -0.2) is 4.39 Å². The number of benzene rings is 2. The zero-order valence-corrected chi connectivity index (χ0v) is 12.1. The molecular weight excluding hydrogens is 277 g/mol. The maximum atomic E-state index is 14.0. The van der Waals surface area contributed by atoms with E-state index in [-0.39, 0.29) is 5.78 Å². The molecule has 0 atom stereocenters. The van der Waals surface area contributed by atoms with Gasteiger partial charge in [0.1, 0.15) is 5.82 Å². The summed E-state index contributed by atoms with van der Waals surface area (Å²) in [6, 6.07) is 12.0. The third-order valence-corrected chi connectivity index (χ3v) is 3.35. The summed E-state index contributed by atoms with van der Waals surface area (Å²) < 4.78 is 14.0. The number of rotatable bonds is 4. The largest absolute Gasteiger partial charge is 0.368 e. The van der Waals surface area contributed by atoms with Crippen molar-refractivity contribution in [1.82, 2.24) is 0 Å². The van der Waals surface area contributed by atoms with Gasteiger partial charge in [0.25, 0.3) is 0 Å². The number of carbonyl (C=O) groups excluding carboxylic acids is 1. The minimum absolute atomic E-state index is 0.143. The Bertz CT molecular complexity index is 625. The lowest BCUT2D eigenvalue weighted by Gasteiger charge is -2.20. The van der Waals surface area contributed by atoms with Crippen molar-refractivity contribution in [3.63, 3.8) is 0 Å². The molecule has 0 aliphatic carbocycles. The smallest absolute Gasteiger partial charge is 0.159 e. The number of hydrogen-bond acceptors (Lipinski definition) is 2. The van der Waals surface area contributed by atoms with Crippen molar-refractivity contribution in [1.29, 1.82) is 0 Å². The molecule has 0 saturated carbocycles. The maximum absolute atomic E-state index is 14.0. The number of Topliss-reactive ketones (excluding diaryl/α,β-unsaturated/α-hetero) is 1. The zero-order chi connectivity index (χ0) is 14.7. The first kappa shape index (κ1) is 14.5. The van der Waals surface area contributed by atoms with Crippen molar-refractivity contribution in [3.8, 4) is 0 Å². The Morgan fingerprint density at radius 2 is 1.85 bits per heavy atom. The quantitative estimate of drug-likeness (QED) is 0.782. The van der Waals surface area contributed by atoms with Gasteiger partial charge in [0.2, 0.25) is 0 Å². The molecule has 0 spiro atoms. The van der Waals surface area contributed by atoms with Crippen LogP contribution in [0.3, 0.4) is 0 Å². The summed E-state index contributed by atoms with van der Waals surface area (Å²) in [4.78, 5) is 13.0. The van der Waals surface area contributed by atoms with E-state index in [4.69, 9.17) is 11.6 Å². The first-order valence-corrected chi connectivity index (χ1v) is 6.61. The van der Waals surface area contributed by atoms with Crippen LogP contribution in [0, 0.1) is 5.82 Å². The van der Waals surface area contributed by atoms with E-state index in [9.17, 15) is 9.18 Å². The topological polar surface area (TPSA) is 20.3 Å². The van der Waals surface area contributed by atoms with Gasteiger partial charge in [0, 0.05) is 24.2 Å². The van der Waals surface area contributed by atoms with Crippen LogP contribution in [0.25, 0.3) is 0 Å². The van der Waals surface area contributed by atoms with Gasteiger partial charge in [-0.15, -0.1) is 0 Å². The normalized spacial score (nSPS) is 10.4. The third kappa shape index (κ3) is 3.36. The SMILES string of the molecule is CC(=O)c1ccc(N(C)Cc2ccc(Cl)cc2)c(F)c1. The summed E-state index contributed by atoms with van der Waals surface area (Å²) in [5.74, 6) is -0.537. The molecule has 0 heterocycles. The lowest BCUT2D eigenvalue weighted by molar-refractivity contribution is 0.101. The van der Waals surface area contributed by atoms with Crippen molar-refractivity contribution in [2.75, 3.05) is 11.9 Å². The number of hydrogen-bond donors (Lipinski definition) is 0. The Balaban J connectivity index is 2.18. The lowest BCUT2D eigenvalue weighted by atomic mass is 10.1. The molecule has 0 aliphatic heterocycles. The summed E-state index contributed by atoms with van der Waals surface area (Å²) >= 11 is 5.83. The molecule has 104 valence electrons. The Hall–Kier alpha value is -1.87. The molecule has 0 unspecified atom stereocenters. The summed E-state index contributed by atoms with van der Waals surface area (Å²) in [5, 5.41) is 0.674. The van der Waals surface area contributed by atoms with Crippen LogP contribution in [-0.2, 0) is 6.54 Å². The molecule has 0 bridgehead atoms. The van der Waals surface area contributed by atoms with Gasteiger partial charge in [-0.1, -0.05) is 23.7 Å². The fourth-order valence-corrected chi connectivity index (χ4v) is 2.11. The third-order valence-electron chi connectivity index (χ3n) is 3.10. The summed E-state index contributed by atoms with van der Waals surface area (Å²) in [6.07, 6.45) is 0. The van der Waals surface area contributed by atoms with Crippen molar-refractivity contribution >= 4 is 23.1 Å². The van der Waals surface area contributed by atoms with Gasteiger partial charge in [-0.2, -0.15) is 0 Å². The number of halogens is 2. The average Bonchev–Trinajstić information content (AvgIpc) is 2.41.